The molecule has 0 heterocycles. The summed E-state index contributed by atoms with van der Waals surface area (Å²) in [4.78, 5) is 0. The summed E-state index contributed by atoms with van der Waals surface area (Å²) in [6.07, 6.45) is 1.69. The molecular weight excluding hydrogens is 228 g/mol. The van der Waals surface area contributed by atoms with Gasteiger partial charge in [0, 0.05) is 0 Å². The predicted molar refractivity (Wildman–Crippen MR) is 80.4 cm³/mol. The third kappa shape index (κ3) is 4.27. The molecule has 0 fully saturated rings. The summed E-state index contributed by atoms with van der Waals surface area (Å²) < 4.78 is 0. The highest BCUT2D eigenvalue weighted by molar-refractivity contribution is 7.79. The molecule has 1 aromatic carbocycles. The molecule has 0 aromatic heterocycles. The Morgan fingerprint density at radius 2 is 1.12 bits per heavy atom. The summed E-state index contributed by atoms with van der Waals surface area (Å²) in [6, 6.07) is 6.04. The molecule has 0 unspecified atom stereocenters. The van der Waals surface area contributed by atoms with E-state index in [2.05, 4.69) is 54.2 Å². The van der Waals surface area contributed by atoms with Gasteiger partial charge in [0.05, 0.1) is 0 Å². The lowest BCUT2D eigenvalue weighted by Crippen LogP contribution is -2.16. The van der Waals surface area contributed by atoms with Crippen LogP contribution >= 0.6 is 12.6 Å². The Balaban J connectivity index is 0.00000121. The van der Waals surface area contributed by atoms with Crippen LogP contribution in [0.5, 0.6) is 5.75 Å². The number of aromatic hydroxyl groups is 1. The van der Waals surface area contributed by atoms with E-state index in [0.717, 1.165) is 11.1 Å². The Labute approximate surface area is 112 Å². The van der Waals surface area contributed by atoms with E-state index in [1.807, 2.05) is 18.2 Å². The van der Waals surface area contributed by atoms with Crippen LogP contribution < -0.4 is 0 Å². The van der Waals surface area contributed by atoms with Gasteiger partial charge < -0.3 is 5.11 Å². The maximum atomic E-state index is 10.3. The molecular formula is C15H26OS. The smallest absolute Gasteiger partial charge is 0.123 e. The first-order valence-electron chi connectivity index (χ1n) is 5.91. The minimum absolute atomic E-state index is 0.00859. The SMILES string of the molecule is CC(C)(C)c1cccc(C(C)(C)C)c1O.CS. The van der Waals surface area contributed by atoms with E-state index >= 15 is 0 Å². The Hall–Kier alpha value is -0.630. The summed E-state index contributed by atoms with van der Waals surface area (Å²) in [6.45, 7) is 12.7. The number of phenolic OH excluding ortho intramolecular Hbond substituents is 1. The third-order valence-electron chi connectivity index (χ3n) is 2.65. The Morgan fingerprint density at radius 3 is 1.35 bits per heavy atom. The van der Waals surface area contributed by atoms with Gasteiger partial charge in [-0.3, -0.25) is 0 Å². The molecule has 0 bridgehead atoms. The summed E-state index contributed by atoms with van der Waals surface area (Å²) >= 11 is 3.53. The van der Waals surface area contributed by atoms with Crippen LogP contribution in [-0.4, -0.2) is 11.4 Å². The van der Waals surface area contributed by atoms with Crippen molar-refractivity contribution in [2.45, 2.75) is 52.4 Å². The fraction of sp³-hybridized carbons (Fsp3) is 0.600. The number of para-hydroxylation sites is 1. The van der Waals surface area contributed by atoms with Crippen molar-refractivity contribution in [1.29, 1.82) is 0 Å². The first-order chi connectivity index (χ1) is 7.64. The van der Waals surface area contributed by atoms with E-state index in [-0.39, 0.29) is 10.8 Å². The second-order valence-electron chi connectivity index (χ2n) is 6.20. The van der Waals surface area contributed by atoms with Crippen molar-refractivity contribution < 1.29 is 5.11 Å². The first-order valence-corrected chi connectivity index (χ1v) is 6.81. The predicted octanol–water partition coefficient (Wildman–Crippen LogP) is 4.53. The van der Waals surface area contributed by atoms with Crippen molar-refractivity contribution in [3.8, 4) is 5.75 Å². The molecule has 0 spiro atoms. The van der Waals surface area contributed by atoms with Crippen LogP contribution in [0.25, 0.3) is 0 Å². The molecule has 17 heavy (non-hydrogen) atoms. The van der Waals surface area contributed by atoms with Gasteiger partial charge in [0.1, 0.15) is 5.75 Å². The zero-order chi connectivity index (χ0) is 13.9. The molecule has 0 saturated carbocycles. The van der Waals surface area contributed by atoms with Gasteiger partial charge in [-0.15, -0.1) is 0 Å². The van der Waals surface area contributed by atoms with Crippen LogP contribution in [0.2, 0.25) is 0 Å². The summed E-state index contributed by atoms with van der Waals surface area (Å²) in [5, 5.41) is 10.3. The molecule has 0 aliphatic heterocycles. The lowest BCUT2D eigenvalue weighted by molar-refractivity contribution is 0.423. The van der Waals surface area contributed by atoms with Crippen molar-refractivity contribution in [1.82, 2.24) is 0 Å². The monoisotopic (exact) mass is 254 g/mol. The fourth-order valence-corrected chi connectivity index (χ4v) is 1.75. The number of hydrogen-bond acceptors (Lipinski definition) is 2. The molecule has 1 rings (SSSR count). The van der Waals surface area contributed by atoms with Gasteiger partial charge in [-0.1, -0.05) is 59.7 Å². The standard InChI is InChI=1S/C14H22O.CH4S/c1-13(2,3)10-8-7-9-11(12(10)15)14(4,5)6;1-2/h7-9,15H,1-6H3;2H,1H3. The van der Waals surface area contributed by atoms with Crippen molar-refractivity contribution in [3.63, 3.8) is 0 Å². The van der Waals surface area contributed by atoms with Crippen molar-refractivity contribution in [3.05, 3.63) is 29.3 Å². The van der Waals surface area contributed by atoms with E-state index < -0.39 is 0 Å². The number of hydrogen-bond donors (Lipinski definition) is 2. The van der Waals surface area contributed by atoms with Gasteiger partial charge in [0.2, 0.25) is 0 Å². The largest absolute Gasteiger partial charge is 0.507 e. The third-order valence-corrected chi connectivity index (χ3v) is 2.65. The van der Waals surface area contributed by atoms with Crippen molar-refractivity contribution in [2.75, 3.05) is 6.26 Å². The average molecular weight is 254 g/mol. The van der Waals surface area contributed by atoms with Crippen LogP contribution in [0.15, 0.2) is 18.2 Å². The molecule has 0 radical (unpaired) electrons. The van der Waals surface area contributed by atoms with Crippen molar-refractivity contribution >= 4 is 12.6 Å². The molecule has 0 atom stereocenters. The van der Waals surface area contributed by atoms with Gasteiger partial charge >= 0.3 is 0 Å². The summed E-state index contributed by atoms with van der Waals surface area (Å²) in [5.74, 6) is 0.456. The number of benzene rings is 1. The fourth-order valence-electron chi connectivity index (χ4n) is 1.75. The molecule has 0 aliphatic rings. The van der Waals surface area contributed by atoms with Crippen LogP contribution in [0.3, 0.4) is 0 Å². The Morgan fingerprint density at radius 1 is 0.824 bits per heavy atom. The molecule has 98 valence electrons. The van der Waals surface area contributed by atoms with E-state index in [9.17, 15) is 5.11 Å². The molecule has 1 N–H and O–H groups in total. The van der Waals surface area contributed by atoms with E-state index in [1.54, 1.807) is 6.26 Å². The van der Waals surface area contributed by atoms with Crippen LogP contribution in [0, 0.1) is 0 Å². The molecule has 1 aromatic rings. The Kier molecular flexibility index (Phi) is 5.60. The number of thiol groups is 1. The Bertz CT molecular complexity index is 324. The lowest BCUT2D eigenvalue weighted by Gasteiger charge is -2.26. The molecule has 2 heteroatoms. The zero-order valence-electron chi connectivity index (χ0n) is 12.1. The maximum absolute atomic E-state index is 10.3. The topological polar surface area (TPSA) is 20.2 Å². The minimum atomic E-state index is -0.00859. The second-order valence-corrected chi connectivity index (χ2v) is 6.20. The van der Waals surface area contributed by atoms with Gasteiger partial charge in [0.15, 0.2) is 0 Å². The lowest BCUT2D eigenvalue weighted by atomic mass is 9.80. The van der Waals surface area contributed by atoms with Gasteiger partial charge in [-0.05, 0) is 28.2 Å². The molecule has 0 aliphatic carbocycles. The van der Waals surface area contributed by atoms with Gasteiger partial charge in [-0.2, -0.15) is 12.6 Å². The number of rotatable bonds is 0. The van der Waals surface area contributed by atoms with Gasteiger partial charge in [-0.25, -0.2) is 0 Å². The van der Waals surface area contributed by atoms with Crippen LogP contribution in [-0.2, 0) is 10.8 Å². The number of phenols is 1. The second kappa shape index (κ2) is 5.81. The van der Waals surface area contributed by atoms with E-state index in [1.165, 1.54) is 0 Å². The maximum Gasteiger partial charge on any atom is 0.123 e. The molecule has 1 nitrogen and oxygen atoms in total. The zero-order valence-corrected chi connectivity index (χ0v) is 13.0. The summed E-state index contributed by atoms with van der Waals surface area (Å²) in [7, 11) is 0. The first kappa shape index (κ1) is 16.4. The molecule has 0 amide bonds. The average Bonchev–Trinajstić information content (AvgIpc) is 2.17. The quantitative estimate of drug-likeness (QED) is 0.652. The van der Waals surface area contributed by atoms with Gasteiger partial charge in [0.25, 0.3) is 0 Å². The minimum Gasteiger partial charge on any atom is -0.507 e. The van der Waals surface area contributed by atoms with E-state index in [0.29, 0.717) is 5.75 Å². The highest BCUT2D eigenvalue weighted by Crippen LogP contribution is 2.38. The normalized spacial score (nSPS) is 11.8. The highest BCUT2D eigenvalue weighted by atomic mass is 32.1. The summed E-state index contributed by atoms with van der Waals surface area (Å²) in [5.41, 5.74) is 2.03. The molecule has 0 saturated heterocycles. The van der Waals surface area contributed by atoms with E-state index in [4.69, 9.17) is 0 Å². The van der Waals surface area contributed by atoms with Crippen molar-refractivity contribution in [2.24, 2.45) is 0 Å². The van der Waals surface area contributed by atoms with Crippen LogP contribution in [0.4, 0.5) is 0 Å². The highest BCUT2D eigenvalue weighted by Gasteiger charge is 2.24. The van der Waals surface area contributed by atoms with Crippen LogP contribution in [0.1, 0.15) is 52.7 Å².